The highest BCUT2D eigenvalue weighted by Gasteiger charge is 2.34. The standard InChI is InChI=1S/C29H36N8O3S/c1-16(2)41(38,39)24-9-7-6-8-21(24)31-27-25-26(30)34-35-28(25)33-29(32-27)37-18(4)40-23-15-20(17(3)14-22(23)37)19-10-12-36(5)13-11-19/h6-9,14-16,18-19H,10-13H2,1-5H3,(H4,30,31,32,33,34,35). The minimum atomic E-state index is -3.57. The first kappa shape index (κ1) is 27.3. The third-order valence-electron chi connectivity index (χ3n) is 8.15. The highest BCUT2D eigenvalue weighted by Crippen LogP contribution is 2.45. The summed E-state index contributed by atoms with van der Waals surface area (Å²) >= 11 is 0. The molecule has 0 amide bonds. The Labute approximate surface area is 240 Å². The first-order valence-corrected chi connectivity index (χ1v) is 15.5. The molecule has 41 heavy (non-hydrogen) atoms. The van der Waals surface area contributed by atoms with Crippen LogP contribution in [0.1, 0.15) is 50.7 Å². The van der Waals surface area contributed by atoms with Gasteiger partial charge in [0.15, 0.2) is 27.5 Å². The maximum atomic E-state index is 13.1. The Kier molecular flexibility index (Phi) is 6.77. The van der Waals surface area contributed by atoms with Crippen LogP contribution in [-0.4, -0.2) is 65.1 Å². The van der Waals surface area contributed by atoms with Crippen LogP contribution in [0.5, 0.6) is 5.75 Å². The van der Waals surface area contributed by atoms with Crippen LogP contribution >= 0.6 is 0 Å². The van der Waals surface area contributed by atoms with Gasteiger partial charge < -0.3 is 20.7 Å². The highest BCUT2D eigenvalue weighted by atomic mass is 32.2. The lowest BCUT2D eigenvalue weighted by Crippen LogP contribution is -2.29. The predicted octanol–water partition coefficient (Wildman–Crippen LogP) is 4.85. The second-order valence-corrected chi connectivity index (χ2v) is 13.7. The summed E-state index contributed by atoms with van der Waals surface area (Å²) in [4.78, 5) is 14.1. The fourth-order valence-electron chi connectivity index (χ4n) is 5.77. The lowest BCUT2D eigenvalue weighted by molar-refractivity contribution is 0.249. The third-order valence-corrected chi connectivity index (χ3v) is 10.4. The van der Waals surface area contributed by atoms with E-state index in [0.29, 0.717) is 34.4 Å². The van der Waals surface area contributed by atoms with Crippen molar-refractivity contribution in [2.75, 3.05) is 36.1 Å². The van der Waals surface area contributed by atoms with Crippen LogP contribution in [0.4, 0.5) is 29.0 Å². The van der Waals surface area contributed by atoms with E-state index < -0.39 is 15.1 Å². The number of rotatable bonds is 6. The Balaban J connectivity index is 1.42. The summed E-state index contributed by atoms with van der Waals surface area (Å²) in [6.07, 6.45) is 1.88. The smallest absolute Gasteiger partial charge is 0.237 e. The number of nitrogens with two attached hydrogens (primary N) is 1. The molecule has 6 rings (SSSR count). The minimum Gasteiger partial charge on any atom is -0.468 e. The average Bonchev–Trinajstić information content (AvgIpc) is 3.47. The largest absolute Gasteiger partial charge is 0.468 e. The van der Waals surface area contributed by atoms with Gasteiger partial charge in [0.2, 0.25) is 5.95 Å². The number of nitrogens with zero attached hydrogens (tertiary/aromatic N) is 5. The van der Waals surface area contributed by atoms with E-state index in [4.69, 9.17) is 20.4 Å². The third kappa shape index (κ3) is 4.74. The topological polar surface area (TPSA) is 142 Å². The molecule has 0 aliphatic carbocycles. The van der Waals surface area contributed by atoms with Gasteiger partial charge in [-0.3, -0.25) is 10.00 Å². The van der Waals surface area contributed by atoms with Crippen LogP contribution in [-0.2, 0) is 9.84 Å². The van der Waals surface area contributed by atoms with Gasteiger partial charge in [0.05, 0.1) is 21.5 Å². The maximum Gasteiger partial charge on any atom is 0.237 e. The van der Waals surface area contributed by atoms with E-state index in [1.807, 2.05) is 11.8 Å². The van der Waals surface area contributed by atoms with Crippen molar-refractivity contribution in [3.8, 4) is 5.75 Å². The zero-order valence-electron chi connectivity index (χ0n) is 24.0. The van der Waals surface area contributed by atoms with E-state index >= 15 is 0 Å². The van der Waals surface area contributed by atoms with Crippen LogP contribution in [0.2, 0.25) is 0 Å². The van der Waals surface area contributed by atoms with Gasteiger partial charge in [0.25, 0.3) is 0 Å². The summed E-state index contributed by atoms with van der Waals surface area (Å²) in [5.41, 5.74) is 10.5. The number of aryl methyl sites for hydroxylation is 1. The van der Waals surface area contributed by atoms with Gasteiger partial charge in [-0.05, 0) is 102 Å². The van der Waals surface area contributed by atoms with Crippen molar-refractivity contribution in [1.82, 2.24) is 25.1 Å². The molecule has 216 valence electrons. The number of hydrogen-bond acceptors (Lipinski definition) is 10. The molecule has 12 heteroatoms. The number of fused-ring (bicyclic) bond motifs is 2. The highest BCUT2D eigenvalue weighted by molar-refractivity contribution is 7.92. The molecule has 1 fully saturated rings. The van der Waals surface area contributed by atoms with Gasteiger partial charge in [0, 0.05) is 0 Å². The molecule has 0 bridgehead atoms. The van der Waals surface area contributed by atoms with Crippen molar-refractivity contribution >= 4 is 49.8 Å². The zero-order chi connectivity index (χ0) is 29.1. The van der Waals surface area contributed by atoms with E-state index in [-0.39, 0.29) is 16.9 Å². The monoisotopic (exact) mass is 576 g/mol. The maximum absolute atomic E-state index is 13.1. The van der Waals surface area contributed by atoms with Gasteiger partial charge in [-0.25, -0.2) is 8.42 Å². The summed E-state index contributed by atoms with van der Waals surface area (Å²) < 4.78 is 32.6. The number of aromatic nitrogens is 4. The predicted molar refractivity (Wildman–Crippen MR) is 161 cm³/mol. The fourth-order valence-corrected chi connectivity index (χ4v) is 6.97. The van der Waals surface area contributed by atoms with Crippen molar-refractivity contribution in [1.29, 1.82) is 0 Å². The van der Waals surface area contributed by atoms with Crippen molar-refractivity contribution in [3.05, 3.63) is 47.5 Å². The van der Waals surface area contributed by atoms with Crippen LogP contribution in [0.25, 0.3) is 11.0 Å². The van der Waals surface area contributed by atoms with Crippen LogP contribution in [0.3, 0.4) is 0 Å². The van der Waals surface area contributed by atoms with Crippen molar-refractivity contribution in [2.45, 2.75) is 62.8 Å². The number of nitrogens with one attached hydrogen (secondary N) is 2. The van der Waals surface area contributed by atoms with E-state index in [9.17, 15) is 8.42 Å². The lowest BCUT2D eigenvalue weighted by Gasteiger charge is -2.30. The molecule has 1 unspecified atom stereocenters. The molecule has 4 heterocycles. The summed E-state index contributed by atoms with van der Waals surface area (Å²) in [6, 6.07) is 11.1. The van der Waals surface area contributed by atoms with Gasteiger partial charge in [-0.1, -0.05) is 12.1 Å². The Hall–Kier alpha value is -3.90. The molecular weight excluding hydrogens is 540 g/mol. The fraction of sp³-hybridized carbons (Fsp3) is 0.414. The molecular formula is C29H36N8O3S. The molecule has 1 atom stereocenters. The van der Waals surface area contributed by atoms with Crippen molar-refractivity contribution in [2.24, 2.45) is 0 Å². The molecule has 2 aromatic carbocycles. The molecule has 2 aliphatic rings. The number of para-hydroxylation sites is 1. The average molecular weight is 577 g/mol. The quantitative estimate of drug-likeness (QED) is 0.291. The lowest BCUT2D eigenvalue weighted by atomic mass is 9.86. The number of aromatic amines is 1. The van der Waals surface area contributed by atoms with Crippen LogP contribution < -0.4 is 20.7 Å². The number of benzene rings is 2. The number of sulfone groups is 1. The molecule has 4 aromatic rings. The summed E-state index contributed by atoms with van der Waals surface area (Å²) in [5.74, 6) is 2.24. The molecule has 4 N–H and O–H groups in total. The molecule has 11 nitrogen and oxygen atoms in total. The van der Waals surface area contributed by atoms with Gasteiger partial charge in [-0.2, -0.15) is 15.1 Å². The first-order valence-electron chi connectivity index (χ1n) is 13.9. The van der Waals surface area contributed by atoms with Crippen molar-refractivity contribution in [3.63, 3.8) is 0 Å². The van der Waals surface area contributed by atoms with Gasteiger partial charge in [0.1, 0.15) is 17.0 Å². The molecule has 0 spiro atoms. The molecule has 1 saturated heterocycles. The van der Waals surface area contributed by atoms with Gasteiger partial charge >= 0.3 is 0 Å². The second-order valence-electron chi connectivity index (χ2n) is 11.3. The second kappa shape index (κ2) is 10.2. The SMILES string of the molecule is Cc1cc2c(cc1C1CCN(C)CC1)OC(C)N2c1nc(Nc2ccccc2S(=O)(=O)C(C)C)c2c(N)n[nH]c2n1. The van der Waals surface area contributed by atoms with E-state index in [0.717, 1.165) is 37.4 Å². The number of piperidine rings is 1. The first-order chi connectivity index (χ1) is 19.5. The van der Waals surface area contributed by atoms with E-state index in [2.05, 4.69) is 46.5 Å². The van der Waals surface area contributed by atoms with E-state index in [1.54, 1.807) is 38.1 Å². The number of anilines is 5. The number of nitrogen functional groups attached to an aromatic ring is 1. The summed E-state index contributed by atoms with van der Waals surface area (Å²) in [6.45, 7) is 9.60. The Bertz CT molecular complexity index is 1730. The molecule has 2 aliphatic heterocycles. The molecule has 0 radical (unpaired) electrons. The van der Waals surface area contributed by atoms with E-state index in [1.165, 1.54) is 11.1 Å². The summed E-state index contributed by atoms with van der Waals surface area (Å²) in [7, 11) is -1.40. The molecule has 0 saturated carbocycles. The van der Waals surface area contributed by atoms with Gasteiger partial charge in [-0.15, -0.1) is 0 Å². The number of likely N-dealkylation sites (tertiary alicyclic amines) is 1. The minimum absolute atomic E-state index is 0.186. The van der Waals surface area contributed by atoms with Crippen LogP contribution in [0, 0.1) is 6.92 Å². The Morgan fingerprint density at radius 1 is 1.15 bits per heavy atom. The number of hydrogen-bond donors (Lipinski definition) is 3. The number of H-pyrrole nitrogens is 1. The Morgan fingerprint density at radius 2 is 1.88 bits per heavy atom. The van der Waals surface area contributed by atoms with Crippen molar-refractivity contribution < 1.29 is 13.2 Å². The van der Waals surface area contributed by atoms with Crippen LogP contribution in [0.15, 0.2) is 41.3 Å². The number of ether oxygens (including phenoxy) is 1. The zero-order valence-corrected chi connectivity index (χ0v) is 24.8. The Morgan fingerprint density at radius 3 is 2.61 bits per heavy atom. The normalized spacial score (nSPS) is 18.2. The molecule has 2 aromatic heterocycles. The summed E-state index contributed by atoms with van der Waals surface area (Å²) in [5, 5.41) is 10.2.